The Labute approximate surface area is 152 Å². The summed E-state index contributed by atoms with van der Waals surface area (Å²) in [7, 11) is 0. The molecule has 0 atom stereocenters. The molecule has 4 rings (SSSR count). The lowest BCUT2D eigenvalue weighted by Crippen LogP contribution is -2.47. The predicted molar refractivity (Wildman–Crippen MR) is 98.2 cm³/mol. The van der Waals surface area contributed by atoms with Crippen LogP contribution in [0.25, 0.3) is 0 Å². The number of piperazine rings is 1. The summed E-state index contributed by atoms with van der Waals surface area (Å²) >= 11 is 0. The minimum absolute atomic E-state index is 0.100. The van der Waals surface area contributed by atoms with Crippen LogP contribution >= 0.6 is 0 Å². The Bertz CT molecular complexity index is 740. The Morgan fingerprint density at radius 2 is 1.65 bits per heavy atom. The van der Waals surface area contributed by atoms with Gasteiger partial charge >= 0.3 is 0 Å². The van der Waals surface area contributed by atoms with Crippen molar-refractivity contribution in [1.82, 2.24) is 25.3 Å². The Balaban J connectivity index is 1.38. The van der Waals surface area contributed by atoms with E-state index < -0.39 is 0 Å². The summed E-state index contributed by atoms with van der Waals surface area (Å²) in [5.74, 6) is 1.45. The number of aromatic nitrogens is 4. The van der Waals surface area contributed by atoms with E-state index in [9.17, 15) is 4.79 Å². The highest BCUT2D eigenvalue weighted by Crippen LogP contribution is 2.19. The topological polar surface area (TPSA) is 87.1 Å². The third-order valence-electron chi connectivity index (χ3n) is 5.01. The van der Waals surface area contributed by atoms with Gasteiger partial charge in [0.15, 0.2) is 0 Å². The van der Waals surface area contributed by atoms with E-state index in [-0.39, 0.29) is 11.9 Å². The molecule has 0 bridgehead atoms. The molecule has 0 radical (unpaired) electrons. The van der Waals surface area contributed by atoms with E-state index in [1.807, 2.05) is 6.07 Å². The van der Waals surface area contributed by atoms with E-state index >= 15 is 0 Å². The average Bonchev–Trinajstić information content (AvgIpc) is 3.22. The van der Waals surface area contributed by atoms with E-state index in [1.54, 1.807) is 18.5 Å². The molecule has 0 aromatic carbocycles. The van der Waals surface area contributed by atoms with Gasteiger partial charge in [-0.2, -0.15) is 0 Å². The van der Waals surface area contributed by atoms with Crippen LogP contribution in [-0.4, -0.2) is 58.1 Å². The fourth-order valence-corrected chi connectivity index (χ4v) is 3.56. The Morgan fingerprint density at radius 1 is 0.962 bits per heavy atom. The lowest BCUT2D eigenvalue weighted by molar-refractivity contribution is 0.0932. The molecule has 3 heterocycles. The van der Waals surface area contributed by atoms with E-state index in [0.29, 0.717) is 5.69 Å². The highest BCUT2D eigenvalue weighted by Gasteiger charge is 2.22. The average molecular weight is 353 g/mol. The van der Waals surface area contributed by atoms with Gasteiger partial charge in [-0.1, -0.05) is 12.8 Å². The monoisotopic (exact) mass is 353 g/mol. The van der Waals surface area contributed by atoms with Gasteiger partial charge in [0.05, 0.1) is 0 Å². The largest absolute Gasteiger partial charge is 0.353 e. The second-order valence-corrected chi connectivity index (χ2v) is 6.74. The molecule has 0 unspecified atom stereocenters. The van der Waals surface area contributed by atoms with Crippen molar-refractivity contribution in [3.8, 4) is 0 Å². The van der Waals surface area contributed by atoms with Gasteiger partial charge < -0.3 is 15.1 Å². The van der Waals surface area contributed by atoms with Crippen molar-refractivity contribution in [3.05, 3.63) is 36.5 Å². The fourth-order valence-electron chi connectivity index (χ4n) is 3.56. The zero-order valence-electron chi connectivity index (χ0n) is 14.7. The standard InChI is InChI=1S/C18H23N7O/c26-17(23-14-4-1-2-5-14)15-12-16(22-13-21-15)24-8-10-25(11-9-24)18-19-6-3-7-20-18/h3,6-7,12-14H,1-2,4-5,8-11H2,(H,23,26). The summed E-state index contributed by atoms with van der Waals surface area (Å²) in [5, 5.41) is 3.08. The van der Waals surface area contributed by atoms with Gasteiger partial charge in [-0.25, -0.2) is 19.9 Å². The van der Waals surface area contributed by atoms with Crippen molar-refractivity contribution in [2.24, 2.45) is 0 Å². The molecular formula is C18H23N7O. The maximum absolute atomic E-state index is 12.4. The molecule has 1 aliphatic heterocycles. The van der Waals surface area contributed by atoms with E-state index in [0.717, 1.165) is 50.8 Å². The van der Waals surface area contributed by atoms with Crippen LogP contribution in [0.4, 0.5) is 11.8 Å². The number of nitrogens with zero attached hydrogens (tertiary/aromatic N) is 6. The smallest absolute Gasteiger partial charge is 0.270 e. The summed E-state index contributed by atoms with van der Waals surface area (Å²) in [4.78, 5) is 33.9. The lowest BCUT2D eigenvalue weighted by atomic mass is 10.2. The van der Waals surface area contributed by atoms with Crippen LogP contribution in [-0.2, 0) is 0 Å². The minimum Gasteiger partial charge on any atom is -0.353 e. The summed E-state index contributed by atoms with van der Waals surface area (Å²) in [6.07, 6.45) is 9.50. The number of hydrogen-bond acceptors (Lipinski definition) is 7. The number of amides is 1. The van der Waals surface area contributed by atoms with Crippen molar-refractivity contribution in [1.29, 1.82) is 0 Å². The van der Waals surface area contributed by atoms with Gasteiger partial charge in [-0.3, -0.25) is 4.79 Å². The van der Waals surface area contributed by atoms with Crippen LogP contribution in [0.1, 0.15) is 36.2 Å². The normalized spacial score (nSPS) is 18.2. The number of anilines is 2. The molecule has 8 heteroatoms. The van der Waals surface area contributed by atoms with Crippen molar-refractivity contribution in [3.63, 3.8) is 0 Å². The number of carbonyl (C=O) groups excluding carboxylic acids is 1. The molecule has 1 aliphatic carbocycles. The van der Waals surface area contributed by atoms with Gasteiger partial charge in [0.1, 0.15) is 17.8 Å². The van der Waals surface area contributed by atoms with Crippen LogP contribution in [0, 0.1) is 0 Å². The minimum atomic E-state index is -0.100. The first-order chi connectivity index (χ1) is 12.8. The number of carbonyl (C=O) groups is 1. The zero-order valence-corrected chi connectivity index (χ0v) is 14.7. The molecule has 1 N–H and O–H groups in total. The molecule has 136 valence electrons. The van der Waals surface area contributed by atoms with Gasteiger partial charge in [0.2, 0.25) is 5.95 Å². The Hall–Kier alpha value is -2.77. The van der Waals surface area contributed by atoms with Crippen molar-refractivity contribution < 1.29 is 4.79 Å². The summed E-state index contributed by atoms with van der Waals surface area (Å²) < 4.78 is 0. The van der Waals surface area contributed by atoms with Gasteiger partial charge in [-0.05, 0) is 18.9 Å². The van der Waals surface area contributed by atoms with E-state index in [4.69, 9.17) is 0 Å². The van der Waals surface area contributed by atoms with Crippen LogP contribution in [0.2, 0.25) is 0 Å². The predicted octanol–water partition coefficient (Wildman–Crippen LogP) is 1.27. The third kappa shape index (κ3) is 3.74. The third-order valence-corrected chi connectivity index (χ3v) is 5.01. The summed E-state index contributed by atoms with van der Waals surface area (Å²) in [5.41, 5.74) is 0.440. The molecular weight excluding hydrogens is 330 g/mol. The quantitative estimate of drug-likeness (QED) is 0.885. The Kier molecular flexibility index (Phi) is 4.90. The van der Waals surface area contributed by atoms with E-state index in [1.165, 1.54) is 19.2 Å². The molecule has 2 aromatic heterocycles. The summed E-state index contributed by atoms with van der Waals surface area (Å²) in [6.45, 7) is 3.24. The number of nitrogens with one attached hydrogen (secondary N) is 1. The van der Waals surface area contributed by atoms with E-state index in [2.05, 4.69) is 35.1 Å². The van der Waals surface area contributed by atoms with Crippen LogP contribution in [0.3, 0.4) is 0 Å². The van der Waals surface area contributed by atoms with Gasteiger partial charge in [0, 0.05) is 50.7 Å². The molecule has 1 amide bonds. The van der Waals surface area contributed by atoms with Crippen LogP contribution in [0.15, 0.2) is 30.9 Å². The second-order valence-electron chi connectivity index (χ2n) is 6.74. The van der Waals surface area contributed by atoms with Crippen LogP contribution in [0.5, 0.6) is 0 Å². The highest BCUT2D eigenvalue weighted by atomic mass is 16.1. The first-order valence-corrected chi connectivity index (χ1v) is 9.19. The Morgan fingerprint density at radius 3 is 2.38 bits per heavy atom. The number of hydrogen-bond donors (Lipinski definition) is 1. The SMILES string of the molecule is O=C(NC1CCCC1)c1cc(N2CCN(c3ncccn3)CC2)ncn1. The zero-order chi connectivity index (χ0) is 17.8. The first-order valence-electron chi connectivity index (χ1n) is 9.19. The van der Waals surface area contributed by atoms with Crippen LogP contribution < -0.4 is 15.1 Å². The molecule has 1 saturated carbocycles. The molecule has 2 fully saturated rings. The van der Waals surface area contributed by atoms with Gasteiger partial charge in [0.25, 0.3) is 5.91 Å². The highest BCUT2D eigenvalue weighted by molar-refractivity contribution is 5.93. The van der Waals surface area contributed by atoms with Crippen molar-refractivity contribution in [2.45, 2.75) is 31.7 Å². The molecule has 2 aromatic rings. The first kappa shape index (κ1) is 16.7. The molecule has 8 nitrogen and oxygen atoms in total. The molecule has 0 spiro atoms. The molecule has 2 aliphatic rings. The second kappa shape index (κ2) is 7.63. The maximum Gasteiger partial charge on any atom is 0.270 e. The maximum atomic E-state index is 12.4. The van der Waals surface area contributed by atoms with Crippen molar-refractivity contribution in [2.75, 3.05) is 36.0 Å². The molecule has 26 heavy (non-hydrogen) atoms. The lowest BCUT2D eigenvalue weighted by Gasteiger charge is -2.35. The molecule has 1 saturated heterocycles. The number of rotatable bonds is 4. The van der Waals surface area contributed by atoms with Gasteiger partial charge in [-0.15, -0.1) is 0 Å². The van der Waals surface area contributed by atoms with Crippen molar-refractivity contribution >= 4 is 17.7 Å². The fraction of sp³-hybridized carbons (Fsp3) is 0.500. The summed E-state index contributed by atoms with van der Waals surface area (Å²) in [6, 6.07) is 3.90.